The van der Waals surface area contributed by atoms with Gasteiger partial charge in [-0.1, -0.05) is 12.1 Å². The van der Waals surface area contributed by atoms with Crippen LogP contribution in [0.5, 0.6) is 0 Å². The van der Waals surface area contributed by atoms with E-state index in [1.807, 2.05) is 36.4 Å². The van der Waals surface area contributed by atoms with Gasteiger partial charge >= 0.3 is 0 Å². The van der Waals surface area contributed by atoms with Crippen LogP contribution in [-0.2, 0) is 12.6 Å². The molecule has 37 heavy (non-hydrogen) atoms. The summed E-state index contributed by atoms with van der Waals surface area (Å²) >= 11 is 0. The molecule has 0 radical (unpaired) electrons. The molecule has 1 amide bonds. The zero-order valence-corrected chi connectivity index (χ0v) is 20.3. The summed E-state index contributed by atoms with van der Waals surface area (Å²) < 4.78 is 1.65. The third kappa shape index (κ3) is 4.55. The van der Waals surface area contributed by atoms with Crippen LogP contribution in [-0.4, -0.2) is 40.6 Å². The van der Waals surface area contributed by atoms with E-state index in [0.29, 0.717) is 22.8 Å². The van der Waals surface area contributed by atoms with Crippen LogP contribution in [0.25, 0.3) is 33.5 Å². The predicted octanol–water partition coefficient (Wildman–Crippen LogP) is 3.00. The van der Waals surface area contributed by atoms with Crippen molar-refractivity contribution in [2.45, 2.75) is 19.4 Å². The van der Waals surface area contributed by atoms with Gasteiger partial charge in [-0.2, -0.15) is 10.4 Å². The van der Waals surface area contributed by atoms with E-state index in [2.05, 4.69) is 30.4 Å². The van der Waals surface area contributed by atoms with Crippen LogP contribution in [0.3, 0.4) is 0 Å². The average Bonchev–Trinajstić information content (AvgIpc) is 3.34. The number of hydrogen-bond donors (Lipinski definition) is 2. The smallest absolute Gasteiger partial charge is 0.274 e. The molecule has 11 heteroatoms. The van der Waals surface area contributed by atoms with Gasteiger partial charge in [0, 0.05) is 36.6 Å². The highest BCUT2D eigenvalue weighted by Crippen LogP contribution is 2.32. The Hall–Kier alpha value is -5.24. The lowest BCUT2D eigenvalue weighted by Gasteiger charge is -2.25. The summed E-state index contributed by atoms with van der Waals surface area (Å²) in [7, 11) is 1.80. The van der Waals surface area contributed by atoms with Crippen LogP contribution in [0.1, 0.15) is 35.9 Å². The standard InChI is InChI=1S/C26H22N10O/c1-26(2,19-8-11-30-20(14-27)31-19)34-25(37)23-24(28)33-22(18-9-12-36(3)35-18)21(32-23)16-6-7-17-15(13-16)5-4-10-29-17/h4-13H,1-3H3,(H2,28,33)(H,34,37). The van der Waals surface area contributed by atoms with Crippen LogP contribution in [0.15, 0.2) is 61.1 Å². The number of carbonyl (C=O) groups excluding carboxylic acids is 1. The quantitative estimate of drug-likeness (QED) is 0.377. The van der Waals surface area contributed by atoms with Gasteiger partial charge in [0.15, 0.2) is 11.5 Å². The highest BCUT2D eigenvalue weighted by molar-refractivity contribution is 5.98. The minimum absolute atomic E-state index is 0.00641. The Bertz CT molecular complexity index is 1700. The van der Waals surface area contributed by atoms with Crippen molar-refractivity contribution < 1.29 is 4.79 Å². The highest BCUT2D eigenvalue weighted by Gasteiger charge is 2.29. The second-order valence-corrected chi connectivity index (χ2v) is 8.90. The van der Waals surface area contributed by atoms with E-state index in [1.165, 1.54) is 6.20 Å². The number of rotatable bonds is 5. The molecule has 3 N–H and O–H groups in total. The van der Waals surface area contributed by atoms with Crippen molar-refractivity contribution in [2.24, 2.45) is 7.05 Å². The number of nitrogens with one attached hydrogen (secondary N) is 1. The first-order valence-corrected chi connectivity index (χ1v) is 11.3. The number of nitrogens with zero attached hydrogens (tertiary/aromatic N) is 8. The predicted molar refractivity (Wildman–Crippen MR) is 137 cm³/mol. The molecule has 0 aliphatic heterocycles. The number of fused-ring (bicyclic) bond motifs is 1. The Labute approximate surface area is 212 Å². The Morgan fingerprint density at radius 2 is 1.89 bits per heavy atom. The van der Waals surface area contributed by atoms with E-state index in [1.54, 1.807) is 50.1 Å². The van der Waals surface area contributed by atoms with Crippen molar-refractivity contribution in [3.05, 3.63) is 78.3 Å². The second-order valence-electron chi connectivity index (χ2n) is 8.90. The van der Waals surface area contributed by atoms with Crippen LogP contribution in [0, 0.1) is 11.3 Å². The Kier molecular flexibility index (Phi) is 5.77. The maximum absolute atomic E-state index is 13.4. The van der Waals surface area contributed by atoms with Crippen LogP contribution in [0.2, 0.25) is 0 Å². The summed E-state index contributed by atoms with van der Waals surface area (Å²) in [5.41, 5.74) is 8.77. The van der Waals surface area contributed by atoms with Gasteiger partial charge in [0.2, 0.25) is 5.82 Å². The zero-order valence-electron chi connectivity index (χ0n) is 20.3. The molecule has 1 aromatic carbocycles. The van der Waals surface area contributed by atoms with Crippen molar-refractivity contribution in [2.75, 3.05) is 5.73 Å². The third-order valence-corrected chi connectivity index (χ3v) is 5.79. The lowest BCUT2D eigenvalue weighted by atomic mass is 9.99. The van der Waals surface area contributed by atoms with E-state index >= 15 is 0 Å². The van der Waals surface area contributed by atoms with Crippen molar-refractivity contribution in [1.29, 1.82) is 5.26 Å². The van der Waals surface area contributed by atoms with Gasteiger partial charge in [0.25, 0.3) is 5.91 Å². The van der Waals surface area contributed by atoms with E-state index in [9.17, 15) is 4.79 Å². The molecule has 182 valence electrons. The van der Waals surface area contributed by atoms with E-state index < -0.39 is 11.4 Å². The van der Waals surface area contributed by atoms with Crippen molar-refractivity contribution in [1.82, 2.24) is 40.0 Å². The number of aromatic nitrogens is 7. The fourth-order valence-electron chi connectivity index (χ4n) is 3.93. The second kappa shape index (κ2) is 9.09. The number of nitrogens with two attached hydrogens (primary N) is 1. The summed E-state index contributed by atoms with van der Waals surface area (Å²) in [6.45, 7) is 3.52. The summed E-state index contributed by atoms with van der Waals surface area (Å²) in [6.07, 6.45) is 4.99. The zero-order chi connectivity index (χ0) is 26.2. The maximum Gasteiger partial charge on any atom is 0.274 e. The van der Waals surface area contributed by atoms with Crippen LogP contribution >= 0.6 is 0 Å². The number of carbonyl (C=O) groups is 1. The molecule has 5 aromatic rings. The van der Waals surface area contributed by atoms with Gasteiger partial charge in [0.05, 0.1) is 22.4 Å². The maximum atomic E-state index is 13.4. The monoisotopic (exact) mass is 490 g/mol. The number of pyridine rings is 1. The molecule has 0 unspecified atom stereocenters. The number of nitrogen functional groups attached to an aromatic ring is 1. The number of anilines is 1. The van der Waals surface area contributed by atoms with E-state index in [0.717, 1.165) is 16.5 Å². The largest absolute Gasteiger partial charge is 0.382 e. The molecule has 0 saturated carbocycles. The molecule has 0 bridgehead atoms. The van der Waals surface area contributed by atoms with Crippen LogP contribution < -0.4 is 11.1 Å². The summed E-state index contributed by atoms with van der Waals surface area (Å²) in [5.74, 6) is -0.573. The minimum Gasteiger partial charge on any atom is -0.382 e. The first-order chi connectivity index (χ1) is 17.7. The molecular weight excluding hydrogens is 468 g/mol. The lowest BCUT2D eigenvalue weighted by molar-refractivity contribution is 0.0906. The molecule has 0 spiro atoms. The van der Waals surface area contributed by atoms with E-state index in [4.69, 9.17) is 16.0 Å². The fraction of sp³-hybridized carbons (Fsp3) is 0.154. The summed E-state index contributed by atoms with van der Waals surface area (Å²) in [5, 5.41) is 17.4. The third-order valence-electron chi connectivity index (χ3n) is 5.79. The molecule has 4 heterocycles. The lowest BCUT2D eigenvalue weighted by Crippen LogP contribution is -2.42. The summed E-state index contributed by atoms with van der Waals surface area (Å²) in [6, 6.07) is 14.8. The fourth-order valence-corrected chi connectivity index (χ4v) is 3.93. The van der Waals surface area contributed by atoms with Gasteiger partial charge in [-0.15, -0.1) is 0 Å². The average molecular weight is 491 g/mol. The van der Waals surface area contributed by atoms with Gasteiger partial charge in [0.1, 0.15) is 17.5 Å². The number of amides is 1. The number of benzene rings is 1. The SMILES string of the molecule is Cn1ccc(-c2nc(N)c(C(=O)NC(C)(C)c3ccnc(C#N)n3)nc2-c2ccc3ncccc3c2)n1. The van der Waals surface area contributed by atoms with Gasteiger partial charge in [-0.25, -0.2) is 19.9 Å². The van der Waals surface area contributed by atoms with Gasteiger partial charge < -0.3 is 11.1 Å². The molecule has 11 nitrogen and oxygen atoms in total. The minimum atomic E-state index is -0.950. The molecule has 0 fully saturated rings. The van der Waals surface area contributed by atoms with Crippen LogP contribution in [0.4, 0.5) is 5.82 Å². The highest BCUT2D eigenvalue weighted by atomic mass is 16.2. The Balaban J connectivity index is 1.60. The number of nitriles is 1. The van der Waals surface area contributed by atoms with Gasteiger partial charge in [-0.3, -0.25) is 14.5 Å². The molecular formula is C26H22N10O. The molecule has 0 aliphatic carbocycles. The Morgan fingerprint density at radius 3 is 2.65 bits per heavy atom. The summed E-state index contributed by atoms with van der Waals surface area (Å²) in [4.78, 5) is 35.2. The molecule has 5 rings (SSSR count). The number of hydrogen-bond acceptors (Lipinski definition) is 9. The number of aryl methyl sites for hydroxylation is 1. The molecule has 4 aromatic heterocycles. The first kappa shape index (κ1) is 23.5. The van der Waals surface area contributed by atoms with Crippen molar-refractivity contribution >= 4 is 22.6 Å². The molecule has 0 atom stereocenters. The normalized spacial score (nSPS) is 11.3. The first-order valence-electron chi connectivity index (χ1n) is 11.3. The molecule has 0 saturated heterocycles. The molecule has 0 aliphatic rings. The van der Waals surface area contributed by atoms with E-state index in [-0.39, 0.29) is 17.3 Å². The van der Waals surface area contributed by atoms with Crippen molar-refractivity contribution in [3.63, 3.8) is 0 Å². The Morgan fingerprint density at radius 1 is 1.05 bits per heavy atom. The van der Waals surface area contributed by atoms with Gasteiger partial charge in [-0.05, 0) is 44.2 Å². The van der Waals surface area contributed by atoms with Crippen molar-refractivity contribution in [3.8, 4) is 28.7 Å². The topological polar surface area (TPSA) is 161 Å².